The number of nitrogens with zero attached hydrogens (tertiary/aromatic N) is 1. The van der Waals surface area contributed by atoms with Gasteiger partial charge in [0.25, 0.3) is 0 Å². The van der Waals surface area contributed by atoms with E-state index in [9.17, 15) is 19.4 Å². The van der Waals surface area contributed by atoms with Gasteiger partial charge in [0, 0.05) is 6.42 Å². The Balaban J connectivity index is 3.88. The van der Waals surface area contributed by atoms with Crippen LogP contribution >= 0.6 is 7.82 Å². The van der Waals surface area contributed by atoms with Crippen LogP contribution in [0.1, 0.15) is 328 Å². The van der Waals surface area contributed by atoms with Crippen molar-refractivity contribution in [3.05, 3.63) is 48.6 Å². The number of likely N-dealkylation sites (N-methyl/N-ethyl adjacent to an activating group) is 1. The number of phosphoric ester groups is 1. The van der Waals surface area contributed by atoms with Gasteiger partial charge in [0.2, 0.25) is 5.91 Å². The molecule has 0 fully saturated rings. The Bertz CT molecular complexity index is 1390. The van der Waals surface area contributed by atoms with Gasteiger partial charge in [-0.05, 0) is 51.4 Å². The first kappa shape index (κ1) is 75.5. The molecule has 0 aliphatic heterocycles. The molecule has 0 aliphatic carbocycles. The second kappa shape index (κ2) is 59.1. The normalized spacial score (nSPS) is 14.0. The van der Waals surface area contributed by atoms with Crippen LogP contribution in [0.25, 0.3) is 0 Å². The molecule has 0 aromatic heterocycles. The Hall–Kier alpha value is -1.54. The van der Waals surface area contributed by atoms with Gasteiger partial charge in [-0.3, -0.25) is 13.8 Å². The molecule has 3 atom stereocenters. The average Bonchev–Trinajstić information content (AvgIpc) is 3.39. The summed E-state index contributed by atoms with van der Waals surface area (Å²) in [5, 5.41) is 14.1. The molecule has 0 heterocycles. The number of aliphatic hydroxyl groups excluding tert-OH is 1. The Morgan fingerprint density at radius 3 is 1.14 bits per heavy atom. The van der Waals surface area contributed by atoms with E-state index in [1.54, 1.807) is 0 Å². The second-order valence-electron chi connectivity index (χ2n) is 24.2. The van der Waals surface area contributed by atoms with E-state index < -0.39 is 20.0 Å². The second-order valence-corrected chi connectivity index (χ2v) is 25.6. The number of unbranched alkanes of at least 4 members (excludes halogenated alkanes) is 41. The van der Waals surface area contributed by atoms with E-state index in [0.717, 1.165) is 64.2 Å². The zero-order valence-electron chi connectivity index (χ0n) is 52.0. The third-order valence-electron chi connectivity index (χ3n) is 15.3. The number of carbonyl (C=O) groups excluding carboxylic acids is 1. The molecule has 0 aromatic carbocycles. The number of amides is 1. The fourth-order valence-electron chi connectivity index (χ4n) is 10.2. The summed E-state index contributed by atoms with van der Waals surface area (Å²) in [7, 11) is 1.63. The van der Waals surface area contributed by atoms with Gasteiger partial charge in [-0.1, -0.05) is 319 Å². The van der Waals surface area contributed by atoms with Crippen molar-refractivity contribution in [2.24, 2.45) is 0 Å². The highest BCUT2D eigenvalue weighted by molar-refractivity contribution is 7.47. The quantitative estimate of drug-likeness (QED) is 0.0243. The first-order chi connectivity index (χ1) is 37.5. The van der Waals surface area contributed by atoms with Crippen molar-refractivity contribution >= 4 is 13.7 Å². The van der Waals surface area contributed by atoms with Gasteiger partial charge in [0.05, 0.1) is 39.9 Å². The smallest absolute Gasteiger partial charge is 0.391 e. The summed E-state index contributed by atoms with van der Waals surface area (Å²) in [6, 6.07) is -0.759. The first-order valence-corrected chi connectivity index (χ1v) is 35.0. The molecule has 8 nitrogen and oxygen atoms in total. The maximum absolute atomic E-state index is 13.0. The van der Waals surface area contributed by atoms with Crippen LogP contribution in [0.3, 0.4) is 0 Å². The average molecular weight is 1100 g/mol. The predicted molar refractivity (Wildman–Crippen MR) is 337 cm³/mol. The zero-order valence-corrected chi connectivity index (χ0v) is 52.9. The summed E-state index contributed by atoms with van der Waals surface area (Å²) in [5.74, 6) is -0.138. The first-order valence-electron chi connectivity index (χ1n) is 33.5. The molecule has 0 spiro atoms. The van der Waals surface area contributed by atoms with E-state index >= 15 is 0 Å². The number of phosphoric acid groups is 1. The molecule has 0 aliphatic rings. The third kappa shape index (κ3) is 61.9. The van der Waals surface area contributed by atoms with E-state index in [1.807, 2.05) is 21.1 Å². The summed E-state index contributed by atoms with van der Waals surface area (Å²) in [4.78, 5) is 23.4. The van der Waals surface area contributed by atoms with Gasteiger partial charge >= 0.3 is 7.82 Å². The number of rotatable bonds is 62. The van der Waals surface area contributed by atoms with Crippen LogP contribution in [-0.2, 0) is 18.4 Å². The Morgan fingerprint density at radius 1 is 0.455 bits per heavy atom. The molecule has 9 heteroatoms. The molecule has 0 rings (SSSR count). The summed E-state index contributed by atoms with van der Waals surface area (Å²) >= 11 is 0. The SMILES string of the molecule is CC/C=C\C/C=C\C/C=C\C/C=C\CCCCCCCCCCCCCCCCCCCCCCCCCCCCC(=O)NC(COP(=O)(O)OCC[N+](C)(C)C)C(O)CCCCCCCCCCCCCCCCCC. The van der Waals surface area contributed by atoms with Crippen LogP contribution in [0.2, 0.25) is 0 Å². The van der Waals surface area contributed by atoms with Crippen molar-refractivity contribution in [3.8, 4) is 0 Å². The van der Waals surface area contributed by atoms with E-state index in [4.69, 9.17) is 9.05 Å². The Morgan fingerprint density at radius 2 is 0.779 bits per heavy atom. The zero-order chi connectivity index (χ0) is 56.3. The van der Waals surface area contributed by atoms with Crippen molar-refractivity contribution in [3.63, 3.8) is 0 Å². The van der Waals surface area contributed by atoms with E-state index in [2.05, 4.69) is 67.8 Å². The van der Waals surface area contributed by atoms with Crippen molar-refractivity contribution in [2.45, 2.75) is 341 Å². The van der Waals surface area contributed by atoms with Crippen molar-refractivity contribution in [1.29, 1.82) is 0 Å². The maximum Gasteiger partial charge on any atom is 0.472 e. The molecular weight excluding hydrogens is 972 g/mol. The lowest BCUT2D eigenvalue weighted by atomic mass is 10.0. The van der Waals surface area contributed by atoms with Crippen LogP contribution in [0.5, 0.6) is 0 Å². The summed E-state index contributed by atoms with van der Waals surface area (Å²) in [6.07, 6.45) is 79.3. The molecule has 0 aromatic rings. The van der Waals surface area contributed by atoms with Crippen LogP contribution in [0.15, 0.2) is 48.6 Å². The molecule has 3 unspecified atom stereocenters. The number of allylic oxidation sites excluding steroid dienone is 8. The van der Waals surface area contributed by atoms with Crippen LogP contribution < -0.4 is 5.32 Å². The lowest BCUT2D eigenvalue weighted by molar-refractivity contribution is -0.870. The lowest BCUT2D eigenvalue weighted by Gasteiger charge is -2.26. The minimum atomic E-state index is -4.32. The number of nitrogens with one attached hydrogen (secondary N) is 1. The van der Waals surface area contributed by atoms with Crippen molar-refractivity contribution in [2.75, 3.05) is 40.9 Å². The van der Waals surface area contributed by atoms with Gasteiger partial charge in [-0.2, -0.15) is 0 Å². The van der Waals surface area contributed by atoms with Crippen LogP contribution in [0, 0.1) is 0 Å². The number of carbonyl (C=O) groups is 1. The highest BCUT2D eigenvalue weighted by atomic mass is 31.2. The molecule has 3 N–H and O–H groups in total. The van der Waals surface area contributed by atoms with Crippen molar-refractivity contribution in [1.82, 2.24) is 5.32 Å². The predicted octanol–water partition coefficient (Wildman–Crippen LogP) is 21.1. The number of quaternary nitrogens is 1. The topological polar surface area (TPSA) is 105 Å². The fourth-order valence-corrected chi connectivity index (χ4v) is 10.9. The van der Waals surface area contributed by atoms with E-state index in [0.29, 0.717) is 23.9 Å². The number of hydrogen-bond donors (Lipinski definition) is 3. The minimum Gasteiger partial charge on any atom is -0.391 e. The van der Waals surface area contributed by atoms with Gasteiger partial charge in [0.1, 0.15) is 13.2 Å². The molecule has 77 heavy (non-hydrogen) atoms. The monoisotopic (exact) mass is 1100 g/mol. The molecule has 1 amide bonds. The highest BCUT2D eigenvalue weighted by Crippen LogP contribution is 2.43. The summed E-state index contributed by atoms with van der Waals surface area (Å²) in [6.45, 7) is 4.82. The van der Waals surface area contributed by atoms with E-state index in [1.165, 1.54) is 238 Å². The van der Waals surface area contributed by atoms with Gasteiger partial charge < -0.3 is 19.8 Å². The standard InChI is InChI=1S/C68H131N2O6P/c1-6-8-10-12-14-16-18-20-22-24-25-26-27-28-29-30-31-32-33-34-35-36-37-38-39-40-41-42-43-44-45-46-48-50-52-54-56-58-60-62-68(72)69-66(65-76-77(73,74)75-64-63-70(3,4)5)67(71)61-59-57-55-53-51-49-47-23-21-19-17-15-13-11-9-7-2/h8,10,14,16,20,22,25-26,66-67,71H,6-7,9,11-13,15,17-19,21,23-24,27-65H2,1-5H3,(H-,69,72,73,74)/p+1/b10-8-,16-14-,22-20-,26-25-. The molecule has 0 saturated carbocycles. The van der Waals surface area contributed by atoms with E-state index in [-0.39, 0.29) is 19.1 Å². The van der Waals surface area contributed by atoms with Gasteiger partial charge in [-0.15, -0.1) is 0 Å². The summed E-state index contributed by atoms with van der Waals surface area (Å²) < 4.78 is 23.8. The minimum absolute atomic E-state index is 0.0769. The van der Waals surface area contributed by atoms with Crippen molar-refractivity contribution < 1.29 is 32.9 Å². The molecular formula is C68H132N2O6P+. The number of aliphatic hydroxyl groups is 1. The lowest BCUT2D eigenvalue weighted by Crippen LogP contribution is -2.46. The van der Waals surface area contributed by atoms with Gasteiger partial charge in [-0.25, -0.2) is 4.57 Å². The molecule has 0 bridgehead atoms. The molecule has 0 saturated heterocycles. The third-order valence-corrected chi connectivity index (χ3v) is 16.3. The molecule has 454 valence electrons. The fraction of sp³-hybridized carbons (Fsp3) is 0.868. The Labute approximate surface area is 479 Å². The van der Waals surface area contributed by atoms with Crippen LogP contribution in [0.4, 0.5) is 0 Å². The Kier molecular flexibility index (Phi) is 57.9. The largest absolute Gasteiger partial charge is 0.472 e. The maximum atomic E-state index is 13.0. The molecule has 0 radical (unpaired) electrons. The highest BCUT2D eigenvalue weighted by Gasteiger charge is 2.28. The number of hydrogen-bond acceptors (Lipinski definition) is 5. The van der Waals surface area contributed by atoms with Gasteiger partial charge in [0.15, 0.2) is 0 Å². The summed E-state index contributed by atoms with van der Waals surface area (Å²) in [5.41, 5.74) is 0. The van der Waals surface area contributed by atoms with Crippen LogP contribution in [-0.4, -0.2) is 73.4 Å².